The van der Waals surface area contributed by atoms with E-state index in [4.69, 9.17) is 0 Å². The van der Waals surface area contributed by atoms with Crippen molar-refractivity contribution in [3.05, 3.63) is 36.0 Å². The molecule has 0 saturated heterocycles. The first kappa shape index (κ1) is 14.6. The van der Waals surface area contributed by atoms with Crippen LogP contribution in [0.3, 0.4) is 0 Å². The van der Waals surface area contributed by atoms with Crippen LogP contribution in [0.1, 0.15) is 36.2 Å². The molecule has 1 aliphatic carbocycles. The minimum Gasteiger partial charge on any atom is -0.481 e. The van der Waals surface area contributed by atoms with Crippen molar-refractivity contribution in [2.45, 2.75) is 31.7 Å². The highest BCUT2D eigenvalue weighted by atomic mass is 16.4. The van der Waals surface area contributed by atoms with Crippen molar-refractivity contribution in [3.63, 3.8) is 0 Å². The van der Waals surface area contributed by atoms with Gasteiger partial charge in [-0.2, -0.15) is 0 Å². The van der Waals surface area contributed by atoms with Gasteiger partial charge in [0.1, 0.15) is 5.69 Å². The van der Waals surface area contributed by atoms with Gasteiger partial charge in [0, 0.05) is 24.0 Å². The monoisotopic (exact) mass is 300 g/mol. The summed E-state index contributed by atoms with van der Waals surface area (Å²) in [5.74, 6) is -1.49. The summed E-state index contributed by atoms with van der Waals surface area (Å²) in [6.45, 7) is 0. The van der Waals surface area contributed by atoms with Crippen LogP contribution >= 0.6 is 0 Å². The molecule has 1 aromatic heterocycles. The second-order valence-electron chi connectivity index (χ2n) is 5.96. The highest BCUT2D eigenvalue weighted by molar-refractivity contribution is 5.99. The number of aromatic nitrogens is 1. The molecule has 1 saturated carbocycles. The van der Waals surface area contributed by atoms with E-state index in [-0.39, 0.29) is 11.9 Å². The number of hydrogen-bond donors (Lipinski definition) is 2. The molecular weight excluding hydrogens is 280 g/mol. The number of para-hydroxylation sites is 1. The van der Waals surface area contributed by atoms with Crippen LogP contribution in [-0.2, 0) is 11.8 Å². The Kier molecular flexibility index (Phi) is 3.88. The highest BCUT2D eigenvalue weighted by Crippen LogP contribution is 2.25. The number of nitrogens with one attached hydrogen (secondary N) is 1. The molecule has 1 heterocycles. The van der Waals surface area contributed by atoms with Gasteiger partial charge in [0.05, 0.1) is 5.92 Å². The Morgan fingerprint density at radius 2 is 1.95 bits per heavy atom. The van der Waals surface area contributed by atoms with E-state index < -0.39 is 11.9 Å². The van der Waals surface area contributed by atoms with Gasteiger partial charge in [-0.1, -0.05) is 31.0 Å². The van der Waals surface area contributed by atoms with Crippen LogP contribution in [0.2, 0.25) is 0 Å². The number of rotatable bonds is 3. The fraction of sp³-hybridized carbons (Fsp3) is 0.412. The topological polar surface area (TPSA) is 71.3 Å². The SMILES string of the molecule is Cn1c(C(=O)N[C@H]2CCCC[C@H]2C(=O)O)cc2ccccc21. The Hall–Kier alpha value is -2.30. The largest absolute Gasteiger partial charge is 0.481 e. The van der Waals surface area contributed by atoms with Gasteiger partial charge in [-0.3, -0.25) is 9.59 Å². The molecule has 1 aliphatic rings. The number of carboxylic acid groups (broad SMARTS) is 1. The molecule has 1 aromatic carbocycles. The van der Waals surface area contributed by atoms with E-state index in [1.165, 1.54) is 0 Å². The van der Waals surface area contributed by atoms with Crippen LogP contribution in [0, 0.1) is 5.92 Å². The Morgan fingerprint density at radius 1 is 1.23 bits per heavy atom. The first-order valence-electron chi connectivity index (χ1n) is 7.66. The normalized spacial score (nSPS) is 21.7. The van der Waals surface area contributed by atoms with Gasteiger partial charge < -0.3 is 15.0 Å². The van der Waals surface area contributed by atoms with Crippen molar-refractivity contribution >= 4 is 22.8 Å². The van der Waals surface area contributed by atoms with Gasteiger partial charge in [-0.15, -0.1) is 0 Å². The third-order valence-corrected chi connectivity index (χ3v) is 4.58. The lowest BCUT2D eigenvalue weighted by atomic mass is 9.84. The molecular formula is C17H20N2O3. The van der Waals surface area contributed by atoms with Crippen LogP contribution in [0.5, 0.6) is 0 Å². The molecule has 3 rings (SSSR count). The number of carboxylic acids is 1. The zero-order chi connectivity index (χ0) is 15.7. The average Bonchev–Trinajstić information content (AvgIpc) is 2.85. The smallest absolute Gasteiger partial charge is 0.308 e. The second-order valence-corrected chi connectivity index (χ2v) is 5.96. The molecule has 116 valence electrons. The Bertz CT molecular complexity index is 720. The standard InChI is InChI=1S/C17H20N2O3/c1-19-14-9-5-2-6-11(14)10-15(19)16(20)18-13-8-4-3-7-12(13)17(21)22/h2,5-6,9-10,12-13H,3-4,7-8H2,1H3,(H,18,20)(H,21,22)/t12-,13+/m1/s1. The summed E-state index contributed by atoms with van der Waals surface area (Å²) >= 11 is 0. The molecule has 2 aromatic rings. The summed E-state index contributed by atoms with van der Waals surface area (Å²) in [6, 6.07) is 9.37. The number of carbonyl (C=O) groups excluding carboxylic acids is 1. The average molecular weight is 300 g/mol. The van der Waals surface area contributed by atoms with Crippen LogP contribution in [0.25, 0.3) is 10.9 Å². The van der Waals surface area contributed by atoms with E-state index in [2.05, 4.69) is 5.32 Å². The zero-order valence-electron chi connectivity index (χ0n) is 12.6. The van der Waals surface area contributed by atoms with Gasteiger partial charge in [0.25, 0.3) is 5.91 Å². The summed E-state index contributed by atoms with van der Waals surface area (Å²) in [6.07, 6.45) is 3.24. The minimum absolute atomic E-state index is 0.197. The lowest BCUT2D eigenvalue weighted by molar-refractivity contribution is -0.143. The van der Waals surface area contributed by atoms with Crippen LogP contribution in [-0.4, -0.2) is 27.6 Å². The molecule has 0 bridgehead atoms. The first-order valence-corrected chi connectivity index (χ1v) is 7.66. The summed E-state index contributed by atoms with van der Waals surface area (Å²) in [5.41, 5.74) is 1.56. The van der Waals surface area contributed by atoms with Gasteiger partial charge in [0.2, 0.25) is 0 Å². The van der Waals surface area contributed by atoms with Crippen molar-refractivity contribution in [3.8, 4) is 0 Å². The lowest BCUT2D eigenvalue weighted by Crippen LogP contribution is -2.45. The molecule has 2 atom stereocenters. The molecule has 5 heteroatoms. The molecule has 1 amide bonds. The van der Waals surface area contributed by atoms with Crippen LogP contribution < -0.4 is 5.32 Å². The van der Waals surface area contributed by atoms with Crippen molar-refractivity contribution < 1.29 is 14.7 Å². The Balaban J connectivity index is 1.83. The van der Waals surface area contributed by atoms with E-state index >= 15 is 0 Å². The van der Waals surface area contributed by atoms with E-state index in [1.807, 2.05) is 41.9 Å². The molecule has 2 N–H and O–H groups in total. The fourth-order valence-corrected chi connectivity index (χ4v) is 3.35. The van der Waals surface area contributed by atoms with E-state index in [0.29, 0.717) is 12.1 Å². The van der Waals surface area contributed by atoms with Crippen molar-refractivity contribution in [2.75, 3.05) is 0 Å². The number of aliphatic carboxylic acids is 1. The van der Waals surface area contributed by atoms with Gasteiger partial charge in [-0.25, -0.2) is 0 Å². The minimum atomic E-state index is -0.818. The van der Waals surface area contributed by atoms with E-state index in [1.54, 1.807) is 0 Å². The molecule has 0 radical (unpaired) electrons. The van der Waals surface area contributed by atoms with Crippen molar-refractivity contribution in [2.24, 2.45) is 13.0 Å². The van der Waals surface area contributed by atoms with Gasteiger partial charge in [0.15, 0.2) is 0 Å². The number of carbonyl (C=O) groups is 2. The quantitative estimate of drug-likeness (QED) is 0.915. The van der Waals surface area contributed by atoms with Crippen LogP contribution in [0.15, 0.2) is 30.3 Å². The van der Waals surface area contributed by atoms with E-state index in [9.17, 15) is 14.7 Å². The number of aryl methyl sites for hydroxylation is 1. The summed E-state index contributed by atoms with van der Waals surface area (Å²) < 4.78 is 1.85. The molecule has 0 spiro atoms. The predicted octanol–water partition coefficient (Wildman–Crippen LogP) is 2.55. The molecule has 0 unspecified atom stereocenters. The molecule has 22 heavy (non-hydrogen) atoms. The number of fused-ring (bicyclic) bond motifs is 1. The van der Waals surface area contributed by atoms with Gasteiger partial charge >= 0.3 is 5.97 Å². The highest BCUT2D eigenvalue weighted by Gasteiger charge is 2.32. The first-order chi connectivity index (χ1) is 10.6. The fourth-order valence-electron chi connectivity index (χ4n) is 3.35. The third kappa shape index (κ3) is 2.58. The third-order valence-electron chi connectivity index (χ3n) is 4.58. The number of nitrogens with zero attached hydrogens (tertiary/aromatic N) is 1. The number of amides is 1. The van der Waals surface area contributed by atoms with Crippen molar-refractivity contribution in [1.82, 2.24) is 9.88 Å². The van der Waals surface area contributed by atoms with E-state index in [0.717, 1.165) is 30.2 Å². The summed E-state index contributed by atoms with van der Waals surface area (Å²) in [5, 5.41) is 13.2. The molecule has 1 fully saturated rings. The Morgan fingerprint density at radius 3 is 2.68 bits per heavy atom. The maximum Gasteiger partial charge on any atom is 0.308 e. The predicted molar refractivity (Wildman–Crippen MR) is 83.8 cm³/mol. The van der Waals surface area contributed by atoms with Gasteiger partial charge in [-0.05, 0) is 25.0 Å². The second kappa shape index (κ2) is 5.83. The maximum absolute atomic E-state index is 12.5. The Labute approximate surface area is 128 Å². The van der Waals surface area contributed by atoms with Crippen molar-refractivity contribution in [1.29, 1.82) is 0 Å². The molecule has 5 nitrogen and oxygen atoms in total. The summed E-state index contributed by atoms with van der Waals surface area (Å²) in [7, 11) is 1.85. The summed E-state index contributed by atoms with van der Waals surface area (Å²) in [4.78, 5) is 23.9. The number of benzene rings is 1. The number of hydrogen-bond acceptors (Lipinski definition) is 2. The molecule has 0 aliphatic heterocycles. The van der Waals surface area contributed by atoms with Crippen LogP contribution in [0.4, 0.5) is 0 Å². The zero-order valence-corrected chi connectivity index (χ0v) is 12.6. The maximum atomic E-state index is 12.5. The lowest BCUT2D eigenvalue weighted by Gasteiger charge is -2.29.